The molecule has 1 aromatic rings. The molecule has 0 fully saturated rings. The van der Waals surface area contributed by atoms with E-state index in [1.54, 1.807) is 0 Å². The predicted molar refractivity (Wildman–Crippen MR) is 67.1 cm³/mol. The van der Waals surface area contributed by atoms with E-state index in [4.69, 9.17) is 0 Å². The smallest absolute Gasteiger partial charge is 0.0533 e. The fraction of sp³-hybridized carbons (Fsp3) is 0.429. The topological polar surface area (TPSA) is 12.0 Å². The quantitative estimate of drug-likeness (QED) is 0.738. The SMILES string of the molecule is C=C(C)C(NCC)c1ccc(C)cc1C. The van der Waals surface area contributed by atoms with E-state index in [0.29, 0.717) is 0 Å². The Balaban J connectivity index is 3.05. The van der Waals surface area contributed by atoms with Gasteiger partial charge in [-0.3, -0.25) is 0 Å². The van der Waals surface area contributed by atoms with Crippen LogP contribution in [-0.4, -0.2) is 6.54 Å². The van der Waals surface area contributed by atoms with E-state index in [2.05, 4.69) is 57.8 Å². The molecule has 1 unspecified atom stereocenters. The van der Waals surface area contributed by atoms with Gasteiger partial charge in [0.05, 0.1) is 6.04 Å². The molecule has 0 bridgehead atoms. The normalized spacial score (nSPS) is 12.5. The highest BCUT2D eigenvalue weighted by Crippen LogP contribution is 2.23. The van der Waals surface area contributed by atoms with Crippen LogP contribution in [0.3, 0.4) is 0 Å². The molecule has 0 amide bonds. The van der Waals surface area contributed by atoms with Crippen LogP contribution in [0.1, 0.15) is 36.6 Å². The zero-order chi connectivity index (χ0) is 11.4. The maximum absolute atomic E-state index is 4.05. The van der Waals surface area contributed by atoms with Gasteiger partial charge in [0.2, 0.25) is 0 Å². The number of aryl methyl sites for hydroxylation is 2. The molecule has 0 spiro atoms. The van der Waals surface area contributed by atoms with Gasteiger partial charge in [0.1, 0.15) is 0 Å². The average Bonchev–Trinajstić information content (AvgIpc) is 2.15. The van der Waals surface area contributed by atoms with Crippen molar-refractivity contribution in [1.29, 1.82) is 0 Å². The Morgan fingerprint density at radius 3 is 2.53 bits per heavy atom. The fourth-order valence-corrected chi connectivity index (χ4v) is 1.90. The lowest BCUT2D eigenvalue weighted by Gasteiger charge is -2.20. The van der Waals surface area contributed by atoms with Gasteiger partial charge in [-0.25, -0.2) is 0 Å². The molecule has 82 valence electrons. The minimum Gasteiger partial charge on any atom is -0.307 e. The Bertz CT molecular complexity index is 352. The van der Waals surface area contributed by atoms with E-state index in [0.717, 1.165) is 6.54 Å². The van der Waals surface area contributed by atoms with E-state index in [1.807, 2.05) is 0 Å². The molecule has 1 nitrogen and oxygen atoms in total. The van der Waals surface area contributed by atoms with Crippen molar-refractivity contribution >= 4 is 0 Å². The summed E-state index contributed by atoms with van der Waals surface area (Å²) in [4.78, 5) is 0. The number of nitrogens with one attached hydrogen (secondary N) is 1. The van der Waals surface area contributed by atoms with Crippen molar-refractivity contribution in [2.75, 3.05) is 6.54 Å². The van der Waals surface area contributed by atoms with Crippen LogP contribution in [-0.2, 0) is 0 Å². The van der Waals surface area contributed by atoms with E-state index in [-0.39, 0.29) is 6.04 Å². The molecule has 0 aromatic heterocycles. The third-order valence-corrected chi connectivity index (χ3v) is 2.64. The zero-order valence-corrected chi connectivity index (χ0v) is 10.2. The maximum atomic E-state index is 4.05. The Hall–Kier alpha value is -1.08. The van der Waals surface area contributed by atoms with Crippen molar-refractivity contribution in [3.8, 4) is 0 Å². The van der Waals surface area contributed by atoms with Crippen molar-refractivity contribution in [2.24, 2.45) is 0 Å². The third-order valence-electron chi connectivity index (χ3n) is 2.64. The lowest BCUT2D eigenvalue weighted by molar-refractivity contribution is 0.618. The molecule has 0 aliphatic carbocycles. The molecule has 1 rings (SSSR count). The second kappa shape index (κ2) is 5.13. The molecular weight excluding hydrogens is 182 g/mol. The van der Waals surface area contributed by atoms with Crippen molar-refractivity contribution in [1.82, 2.24) is 5.32 Å². The molecular formula is C14H21N. The van der Waals surface area contributed by atoms with Gasteiger partial charge in [0.25, 0.3) is 0 Å². The van der Waals surface area contributed by atoms with Gasteiger partial charge >= 0.3 is 0 Å². The van der Waals surface area contributed by atoms with E-state index in [1.165, 1.54) is 22.3 Å². The van der Waals surface area contributed by atoms with Crippen molar-refractivity contribution < 1.29 is 0 Å². The van der Waals surface area contributed by atoms with Crippen LogP contribution in [0.2, 0.25) is 0 Å². The van der Waals surface area contributed by atoms with Crippen LogP contribution in [0.25, 0.3) is 0 Å². The summed E-state index contributed by atoms with van der Waals surface area (Å²) in [5.41, 5.74) is 5.16. The van der Waals surface area contributed by atoms with E-state index >= 15 is 0 Å². The molecule has 0 saturated heterocycles. The van der Waals surface area contributed by atoms with Crippen molar-refractivity contribution in [3.63, 3.8) is 0 Å². The molecule has 1 heteroatoms. The first kappa shape index (κ1) is 12.0. The van der Waals surface area contributed by atoms with Crippen molar-refractivity contribution in [2.45, 2.75) is 33.7 Å². The summed E-state index contributed by atoms with van der Waals surface area (Å²) in [6, 6.07) is 6.88. The summed E-state index contributed by atoms with van der Waals surface area (Å²) in [5, 5.41) is 3.46. The van der Waals surface area contributed by atoms with Crippen LogP contribution in [0, 0.1) is 13.8 Å². The number of benzene rings is 1. The lowest BCUT2D eigenvalue weighted by atomic mass is 9.95. The second-order valence-corrected chi connectivity index (χ2v) is 4.20. The summed E-state index contributed by atoms with van der Waals surface area (Å²) in [7, 11) is 0. The molecule has 0 radical (unpaired) electrons. The van der Waals surface area contributed by atoms with Crippen LogP contribution in [0.5, 0.6) is 0 Å². The van der Waals surface area contributed by atoms with Crippen LogP contribution in [0.15, 0.2) is 30.4 Å². The molecule has 15 heavy (non-hydrogen) atoms. The lowest BCUT2D eigenvalue weighted by Crippen LogP contribution is -2.22. The standard InChI is InChI=1S/C14H21N/c1-6-15-14(10(2)3)13-8-7-11(4)9-12(13)5/h7-9,14-15H,2,6H2,1,3-5H3. The van der Waals surface area contributed by atoms with Gasteiger partial charge in [-0.1, -0.05) is 42.8 Å². The average molecular weight is 203 g/mol. The van der Waals surface area contributed by atoms with E-state index < -0.39 is 0 Å². The van der Waals surface area contributed by atoms with Gasteiger partial charge in [-0.05, 0) is 38.4 Å². The fourth-order valence-electron chi connectivity index (χ4n) is 1.90. The zero-order valence-electron chi connectivity index (χ0n) is 10.2. The molecule has 1 N–H and O–H groups in total. The predicted octanol–water partition coefficient (Wildman–Crippen LogP) is 3.53. The second-order valence-electron chi connectivity index (χ2n) is 4.20. The summed E-state index contributed by atoms with van der Waals surface area (Å²) in [6.45, 7) is 13.5. The first-order valence-corrected chi connectivity index (χ1v) is 5.52. The Kier molecular flexibility index (Phi) is 4.10. The highest BCUT2D eigenvalue weighted by Gasteiger charge is 2.12. The summed E-state index contributed by atoms with van der Waals surface area (Å²) >= 11 is 0. The Morgan fingerprint density at radius 1 is 1.40 bits per heavy atom. The first-order chi connectivity index (χ1) is 7.06. The highest BCUT2D eigenvalue weighted by molar-refractivity contribution is 5.36. The van der Waals surface area contributed by atoms with Gasteiger partial charge < -0.3 is 5.32 Å². The van der Waals surface area contributed by atoms with Crippen LogP contribution in [0.4, 0.5) is 0 Å². The molecule has 0 aliphatic rings. The van der Waals surface area contributed by atoms with E-state index in [9.17, 15) is 0 Å². The van der Waals surface area contributed by atoms with Crippen LogP contribution < -0.4 is 5.32 Å². The minimum atomic E-state index is 0.288. The number of rotatable bonds is 4. The molecule has 1 atom stereocenters. The summed E-state index contributed by atoms with van der Waals surface area (Å²) < 4.78 is 0. The van der Waals surface area contributed by atoms with Gasteiger partial charge in [0.15, 0.2) is 0 Å². The molecule has 1 aromatic carbocycles. The molecule has 0 saturated carbocycles. The first-order valence-electron chi connectivity index (χ1n) is 5.52. The minimum absolute atomic E-state index is 0.288. The largest absolute Gasteiger partial charge is 0.307 e. The van der Waals surface area contributed by atoms with Gasteiger partial charge in [0, 0.05) is 0 Å². The summed E-state index contributed by atoms with van der Waals surface area (Å²) in [5.74, 6) is 0. The van der Waals surface area contributed by atoms with Gasteiger partial charge in [-0.15, -0.1) is 0 Å². The summed E-state index contributed by atoms with van der Waals surface area (Å²) in [6.07, 6.45) is 0. The van der Waals surface area contributed by atoms with Crippen molar-refractivity contribution in [3.05, 3.63) is 47.0 Å². The third kappa shape index (κ3) is 2.93. The van der Waals surface area contributed by atoms with Gasteiger partial charge in [-0.2, -0.15) is 0 Å². The monoisotopic (exact) mass is 203 g/mol. The molecule has 0 aliphatic heterocycles. The Morgan fingerprint density at radius 2 is 2.07 bits per heavy atom. The maximum Gasteiger partial charge on any atom is 0.0533 e. The van der Waals surface area contributed by atoms with Crippen LogP contribution >= 0.6 is 0 Å². The number of hydrogen-bond acceptors (Lipinski definition) is 1. The Labute approximate surface area is 93.2 Å². The number of likely N-dealkylation sites (N-methyl/N-ethyl adjacent to an activating group) is 1. The number of hydrogen-bond donors (Lipinski definition) is 1. The molecule has 0 heterocycles. The highest BCUT2D eigenvalue weighted by atomic mass is 14.9.